The number of benzene rings is 1. The van der Waals surface area contributed by atoms with E-state index in [1.807, 2.05) is 24.4 Å². The molecule has 0 atom stereocenters. The number of piperazine rings is 1. The number of fused-ring (bicyclic) bond motifs is 2. The SMILES string of the molecule is Cc1cc(N2CCN(CCn3cnc4cc(F)ccc43)CC2)n2nc(C)cc2n1. The van der Waals surface area contributed by atoms with E-state index in [0.29, 0.717) is 5.52 Å². The Morgan fingerprint density at radius 3 is 2.62 bits per heavy atom. The van der Waals surface area contributed by atoms with Crippen LogP contribution in [0.5, 0.6) is 0 Å². The molecule has 4 heterocycles. The molecule has 0 unspecified atom stereocenters. The summed E-state index contributed by atoms with van der Waals surface area (Å²) in [6.07, 6.45) is 1.80. The summed E-state index contributed by atoms with van der Waals surface area (Å²) in [6.45, 7) is 9.71. The van der Waals surface area contributed by atoms with Gasteiger partial charge in [0.15, 0.2) is 5.65 Å². The summed E-state index contributed by atoms with van der Waals surface area (Å²) in [5.41, 5.74) is 4.59. The number of nitrogens with zero attached hydrogens (tertiary/aromatic N) is 7. The highest BCUT2D eigenvalue weighted by Gasteiger charge is 2.20. The van der Waals surface area contributed by atoms with Crippen LogP contribution in [0, 0.1) is 19.7 Å². The third-order valence-electron chi connectivity index (χ3n) is 5.60. The second-order valence-electron chi connectivity index (χ2n) is 7.71. The van der Waals surface area contributed by atoms with Crippen molar-refractivity contribution in [3.8, 4) is 0 Å². The predicted molar refractivity (Wildman–Crippen MR) is 111 cm³/mol. The lowest BCUT2D eigenvalue weighted by Gasteiger charge is -2.36. The van der Waals surface area contributed by atoms with Gasteiger partial charge in [-0.15, -0.1) is 0 Å². The van der Waals surface area contributed by atoms with Gasteiger partial charge in [-0.1, -0.05) is 0 Å². The van der Waals surface area contributed by atoms with Gasteiger partial charge in [-0.05, 0) is 26.0 Å². The van der Waals surface area contributed by atoms with E-state index < -0.39 is 0 Å². The van der Waals surface area contributed by atoms with Crippen LogP contribution in [0.25, 0.3) is 16.7 Å². The molecule has 8 heteroatoms. The van der Waals surface area contributed by atoms with Gasteiger partial charge < -0.3 is 9.47 Å². The first kappa shape index (κ1) is 18.1. The molecule has 0 aliphatic carbocycles. The van der Waals surface area contributed by atoms with Crippen molar-refractivity contribution in [2.75, 3.05) is 37.6 Å². The van der Waals surface area contributed by atoms with E-state index in [4.69, 9.17) is 0 Å². The Balaban J connectivity index is 1.25. The summed E-state index contributed by atoms with van der Waals surface area (Å²) in [4.78, 5) is 13.8. The summed E-state index contributed by atoms with van der Waals surface area (Å²) in [5.74, 6) is 0.870. The van der Waals surface area contributed by atoms with Crippen LogP contribution >= 0.6 is 0 Å². The Hall–Kier alpha value is -3.00. The molecule has 0 saturated carbocycles. The van der Waals surface area contributed by atoms with Crippen LogP contribution in [0.3, 0.4) is 0 Å². The van der Waals surface area contributed by atoms with Crippen LogP contribution in [0.15, 0.2) is 36.7 Å². The van der Waals surface area contributed by atoms with Crippen LogP contribution < -0.4 is 4.90 Å². The zero-order valence-electron chi connectivity index (χ0n) is 16.7. The lowest BCUT2D eigenvalue weighted by molar-refractivity contribution is 0.248. The van der Waals surface area contributed by atoms with E-state index in [2.05, 4.69) is 35.5 Å². The molecule has 5 rings (SSSR count). The number of aromatic nitrogens is 5. The molecule has 0 radical (unpaired) electrons. The van der Waals surface area contributed by atoms with Crippen molar-refractivity contribution in [1.29, 1.82) is 0 Å². The van der Waals surface area contributed by atoms with E-state index in [9.17, 15) is 4.39 Å². The first-order valence-electron chi connectivity index (χ1n) is 9.98. The average Bonchev–Trinajstić information content (AvgIpc) is 3.28. The Morgan fingerprint density at radius 2 is 1.79 bits per heavy atom. The van der Waals surface area contributed by atoms with Crippen molar-refractivity contribution in [3.63, 3.8) is 0 Å². The second kappa shape index (κ2) is 7.11. The van der Waals surface area contributed by atoms with Crippen molar-refractivity contribution in [1.82, 2.24) is 29.0 Å². The molecule has 1 aromatic carbocycles. The first-order valence-corrected chi connectivity index (χ1v) is 9.98. The normalized spacial score (nSPS) is 15.6. The minimum Gasteiger partial charge on any atom is -0.354 e. The number of anilines is 1. The topological polar surface area (TPSA) is 54.5 Å². The molecule has 150 valence electrons. The Morgan fingerprint density at radius 1 is 0.966 bits per heavy atom. The molecule has 7 nitrogen and oxygen atoms in total. The highest BCUT2D eigenvalue weighted by atomic mass is 19.1. The highest BCUT2D eigenvalue weighted by molar-refractivity contribution is 5.75. The number of hydrogen-bond acceptors (Lipinski definition) is 5. The molecule has 0 amide bonds. The number of hydrogen-bond donors (Lipinski definition) is 0. The van der Waals surface area contributed by atoms with Crippen LogP contribution in [-0.4, -0.2) is 61.8 Å². The lowest BCUT2D eigenvalue weighted by atomic mass is 10.3. The molecule has 1 fully saturated rings. The molecule has 0 bridgehead atoms. The molecule has 1 aliphatic heterocycles. The van der Waals surface area contributed by atoms with Gasteiger partial charge in [0.2, 0.25) is 0 Å². The van der Waals surface area contributed by atoms with E-state index in [-0.39, 0.29) is 5.82 Å². The Kier molecular flexibility index (Phi) is 4.43. The minimum absolute atomic E-state index is 0.244. The zero-order chi connectivity index (χ0) is 20.0. The molecule has 0 spiro atoms. The maximum absolute atomic E-state index is 13.4. The van der Waals surface area contributed by atoms with Gasteiger partial charge in [-0.2, -0.15) is 9.61 Å². The molecule has 1 saturated heterocycles. The zero-order valence-corrected chi connectivity index (χ0v) is 16.7. The van der Waals surface area contributed by atoms with Crippen molar-refractivity contribution < 1.29 is 4.39 Å². The summed E-state index contributed by atoms with van der Waals surface area (Å²) >= 11 is 0. The molecular weight excluding hydrogens is 369 g/mol. The van der Waals surface area contributed by atoms with Gasteiger partial charge in [-0.3, -0.25) is 4.90 Å². The number of aryl methyl sites for hydroxylation is 2. The number of halogens is 1. The fourth-order valence-corrected chi connectivity index (χ4v) is 4.09. The molecular formula is C21H24FN7. The Labute approximate surface area is 168 Å². The fourth-order valence-electron chi connectivity index (χ4n) is 4.09. The summed E-state index contributed by atoms with van der Waals surface area (Å²) in [5, 5.41) is 4.62. The average molecular weight is 393 g/mol. The quantitative estimate of drug-likeness (QED) is 0.534. The van der Waals surface area contributed by atoms with Crippen molar-refractivity contribution in [2.24, 2.45) is 0 Å². The highest BCUT2D eigenvalue weighted by Crippen LogP contribution is 2.20. The Bertz CT molecular complexity index is 1170. The number of imidazole rings is 1. The van der Waals surface area contributed by atoms with Crippen molar-refractivity contribution in [3.05, 3.63) is 53.9 Å². The largest absolute Gasteiger partial charge is 0.354 e. The molecule has 3 aromatic heterocycles. The van der Waals surface area contributed by atoms with Crippen molar-refractivity contribution in [2.45, 2.75) is 20.4 Å². The molecule has 4 aromatic rings. The van der Waals surface area contributed by atoms with Crippen LogP contribution in [0.4, 0.5) is 10.2 Å². The fraction of sp³-hybridized carbons (Fsp3) is 0.381. The van der Waals surface area contributed by atoms with Gasteiger partial charge in [0.1, 0.15) is 11.6 Å². The summed E-state index contributed by atoms with van der Waals surface area (Å²) in [7, 11) is 0. The third-order valence-corrected chi connectivity index (χ3v) is 5.60. The van der Waals surface area contributed by atoms with E-state index in [0.717, 1.165) is 67.6 Å². The monoisotopic (exact) mass is 393 g/mol. The van der Waals surface area contributed by atoms with Crippen LogP contribution in [0.2, 0.25) is 0 Å². The molecule has 0 N–H and O–H groups in total. The summed E-state index contributed by atoms with van der Waals surface area (Å²) in [6, 6.07) is 8.92. The maximum Gasteiger partial charge on any atom is 0.157 e. The van der Waals surface area contributed by atoms with E-state index >= 15 is 0 Å². The smallest absolute Gasteiger partial charge is 0.157 e. The molecule has 1 aliphatic rings. The first-order chi connectivity index (χ1) is 14.1. The number of rotatable bonds is 4. The van der Waals surface area contributed by atoms with Crippen LogP contribution in [0.1, 0.15) is 11.4 Å². The van der Waals surface area contributed by atoms with Gasteiger partial charge in [0.05, 0.1) is 23.1 Å². The minimum atomic E-state index is -0.244. The third kappa shape index (κ3) is 3.44. The van der Waals surface area contributed by atoms with Crippen LogP contribution in [-0.2, 0) is 6.54 Å². The maximum atomic E-state index is 13.4. The predicted octanol–water partition coefficient (Wildman–Crippen LogP) is 2.66. The van der Waals surface area contributed by atoms with Crippen molar-refractivity contribution >= 4 is 22.5 Å². The lowest BCUT2D eigenvalue weighted by Crippen LogP contribution is -2.47. The van der Waals surface area contributed by atoms with E-state index in [1.54, 1.807) is 12.4 Å². The van der Waals surface area contributed by atoms with Gasteiger partial charge in [-0.25, -0.2) is 14.4 Å². The van der Waals surface area contributed by atoms with E-state index in [1.165, 1.54) is 12.1 Å². The second-order valence-corrected chi connectivity index (χ2v) is 7.71. The van der Waals surface area contributed by atoms with Gasteiger partial charge >= 0.3 is 0 Å². The van der Waals surface area contributed by atoms with Gasteiger partial charge in [0, 0.05) is 63.2 Å². The summed E-state index contributed by atoms with van der Waals surface area (Å²) < 4.78 is 17.4. The molecule has 29 heavy (non-hydrogen) atoms. The standard InChI is InChI=1S/C21H24FN7/c1-15-12-21(29-20(24-15)11-16(2)25-29)27-8-5-26(6-9-27)7-10-28-14-23-18-13-17(22)3-4-19(18)28/h3-4,11-14H,5-10H2,1-2H3. The van der Waals surface area contributed by atoms with Gasteiger partial charge in [0.25, 0.3) is 0 Å².